The highest BCUT2D eigenvalue weighted by Crippen LogP contribution is 2.37. The Balaban J connectivity index is 1.91. The van der Waals surface area contributed by atoms with Gasteiger partial charge in [0.25, 0.3) is 11.7 Å². The maximum absolute atomic E-state index is 12.8. The van der Waals surface area contributed by atoms with E-state index in [0.717, 1.165) is 11.0 Å². The van der Waals surface area contributed by atoms with Gasteiger partial charge >= 0.3 is 11.8 Å². The van der Waals surface area contributed by atoms with Gasteiger partial charge in [-0.1, -0.05) is 12.1 Å². The molecule has 2 heterocycles. The summed E-state index contributed by atoms with van der Waals surface area (Å²) in [7, 11) is 1.21. The number of methoxy groups -OCH3 is 1. The first-order valence-electron chi connectivity index (χ1n) is 8.77. The van der Waals surface area contributed by atoms with Gasteiger partial charge in [0.15, 0.2) is 11.4 Å². The Morgan fingerprint density at radius 1 is 1.27 bits per heavy atom. The van der Waals surface area contributed by atoms with E-state index in [-0.39, 0.29) is 22.8 Å². The van der Waals surface area contributed by atoms with Gasteiger partial charge < -0.3 is 24.9 Å². The fourth-order valence-corrected chi connectivity index (χ4v) is 2.90. The lowest BCUT2D eigenvalue weighted by Crippen LogP contribution is -2.54. The predicted octanol–water partition coefficient (Wildman–Crippen LogP) is 1.92. The molecule has 0 bridgehead atoms. The largest absolute Gasteiger partial charge is 0.472 e. The maximum atomic E-state index is 12.8. The molecule has 30 heavy (non-hydrogen) atoms. The Bertz CT molecular complexity index is 1050. The average molecular weight is 414 g/mol. The molecule has 0 saturated carbocycles. The number of hydrogen-bond acceptors (Lipinski definition) is 8. The number of nitro groups is 1. The van der Waals surface area contributed by atoms with Crippen LogP contribution < -0.4 is 15.0 Å². The Hall–Kier alpha value is -4.02. The van der Waals surface area contributed by atoms with Crippen LogP contribution in [0.4, 0.5) is 17.3 Å². The van der Waals surface area contributed by atoms with Gasteiger partial charge in [-0.2, -0.15) is 0 Å². The molecule has 1 aromatic heterocycles. The van der Waals surface area contributed by atoms with E-state index in [1.54, 1.807) is 12.1 Å². The van der Waals surface area contributed by atoms with Crippen LogP contribution in [0.25, 0.3) is 0 Å². The van der Waals surface area contributed by atoms with Crippen molar-refractivity contribution in [2.45, 2.75) is 19.4 Å². The van der Waals surface area contributed by atoms with Crippen LogP contribution in [0.5, 0.6) is 5.75 Å². The highest BCUT2D eigenvalue weighted by Gasteiger charge is 2.45. The number of amides is 2. The summed E-state index contributed by atoms with van der Waals surface area (Å²) in [4.78, 5) is 52.6. The SMILES string of the molecule is COC(=O)c1ccccc1NC(=O)CN1C(=O)C(C)(C)Oc2ccc([N+](=O)[O-])nc21. The average Bonchev–Trinajstić information content (AvgIpc) is 2.70. The number of rotatable bonds is 5. The van der Waals surface area contributed by atoms with Crippen molar-refractivity contribution >= 4 is 35.1 Å². The van der Waals surface area contributed by atoms with Crippen LogP contribution in [0.15, 0.2) is 36.4 Å². The molecule has 0 spiro atoms. The number of fused-ring (bicyclic) bond motifs is 1. The maximum Gasteiger partial charge on any atom is 0.366 e. The van der Waals surface area contributed by atoms with Gasteiger partial charge in [-0.15, -0.1) is 0 Å². The fraction of sp³-hybridized carbons (Fsp3) is 0.263. The van der Waals surface area contributed by atoms with Crippen molar-refractivity contribution in [1.29, 1.82) is 0 Å². The van der Waals surface area contributed by atoms with Gasteiger partial charge in [-0.05, 0) is 42.0 Å². The third kappa shape index (κ3) is 3.90. The highest BCUT2D eigenvalue weighted by molar-refractivity contribution is 6.08. The number of nitrogens with zero attached hydrogens (tertiary/aromatic N) is 3. The molecule has 0 unspecified atom stereocenters. The van der Waals surface area contributed by atoms with Crippen LogP contribution in [0, 0.1) is 10.1 Å². The molecule has 2 aromatic rings. The molecule has 2 amide bonds. The van der Waals surface area contributed by atoms with Gasteiger partial charge in [0.1, 0.15) is 6.54 Å². The number of anilines is 2. The Kier molecular flexibility index (Phi) is 5.37. The molecule has 1 aliphatic rings. The molecule has 0 aliphatic carbocycles. The van der Waals surface area contributed by atoms with Crippen LogP contribution in [0.1, 0.15) is 24.2 Å². The topological polar surface area (TPSA) is 141 Å². The molecule has 1 aliphatic heterocycles. The van der Waals surface area contributed by atoms with Crippen LogP contribution >= 0.6 is 0 Å². The molecule has 11 heteroatoms. The third-order valence-corrected chi connectivity index (χ3v) is 4.30. The van der Waals surface area contributed by atoms with Gasteiger partial charge in [0, 0.05) is 6.07 Å². The molecular formula is C19H18N4O7. The molecule has 1 N–H and O–H groups in total. The van der Waals surface area contributed by atoms with Crippen LogP contribution in [0.3, 0.4) is 0 Å². The number of nitrogens with one attached hydrogen (secondary N) is 1. The summed E-state index contributed by atoms with van der Waals surface area (Å²) in [6.07, 6.45) is 0. The van der Waals surface area contributed by atoms with Gasteiger partial charge in [-0.3, -0.25) is 14.5 Å². The van der Waals surface area contributed by atoms with Gasteiger partial charge in [-0.25, -0.2) is 4.79 Å². The van der Waals surface area contributed by atoms with E-state index in [1.807, 2.05) is 0 Å². The minimum absolute atomic E-state index is 0.132. The monoisotopic (exact) mass is 414 g/mol. The van der Waals surface area contributed by atoms with Crippen molar-refractivity contribution < 1.29 is 28.8 Å². The first-order chi connectivity index (χ1) is 14.1. The third-order valence-electron chi connectivity index (χ3n) is 4.30. The van der Waals surface area contributed by atoms with E-state index in [4.69, 9.17) is 4.74 Å². The zero-order valence-corrected chi connectivity index (χ0v) is 16.4. The first kappa shape index (κ1) is 20.7. The lowest BCUT2D eigenvalue weighted by Gasteiger charge is -2.35. The number of hydrogen-bond donors (Lipinski definition) is 1. The second-order valence-corrected chi connectivity index (χ2v) is 6.84. The number of ether oxygens (including phenoxy) is 2. The molecule has 0 saturated heterocycles. The number of aromatic nitrogens is 1. The normalized spacial score (nSPS) is 14.4. The number of carbonyl (C=O) groups is 3. The van der Waals surface area contributed by atoms with E-state index < -0.39 is 40.7 Å². The predicted molar refractivity (Wildman–Crippen MR) is 104 cm³/mol. The van der Waals surface area contributed by atoms with E-state index in [9.17, 15) is 24.5 Å². The zero-order chi connectivity index (χ0) is 22.1. The number of benzene rings is 1. The second kappa shape index (κ2) is 7.78. The van der Waals surface area contributed by atoms with Crippen LogP contribution in [-0.4, -0.2) is 46.9 Å². The number of esters is 1. The molecule has 1 aromatic carbocycles. The Labute approximate surface area is 170 Å². The van der Waals surface area contributed by atoms with Crippen molar-refractivity contribution in [2.24, 2.45) is 0 Å². The van der Waals surface area contributed by atoms with Crippen molar-refractivity contribution in [3.8, 4) is 5.75 Å². The molecular weight excluding hydrogens is 396 g/mol. The van der Waals surface area contributed by atoms with Crippen LogP contribution in [0.2, 0.25) is 0 Å². The van der Waals surface area contributed by atoms with Gasteiger partial charge in [0.05, 0.1) is 18.4 Å². The molecule has 0 radical (unpaired) electrons. The molecule has 0 fully saturated rings. The molecule has 0 atom stereocenters. The summed E-state index contributed by atoms with van der Waals surface area (Å²) in [5.41, 5.74) is -0.979. The number of pyridine rings is 1. The highest BCUT2D eigenvalue weighted by atomic mass is 16.6. The fourth-order valence-electron chi connectivity index (χ4n) is 2.90. The standard InChI is InChI=1S/C19H18N4O7/c1-19(2)18(26)22(16-13(30-19)8-9-14(21-16)23(27)28)10-15(24)20-12-7-5-4-6-11(12)17(25)29-3/h4-9H,10H2,1-3H3,(H,20,24). The summed E-state index contributed by atoms with van der Waals surface area (Å²) in [6.45, 7) is 2.52. The Morgan fingerprint density at radius 3 is 2.63 bits per heavy atom. The summed E-state index contributed by atoms with van der Waals surface area (Å²) in [5, 5.41) is 13.6. The van der Waals surface area contributed by atoms with E-state index in [0.29, 0.717) is 0 Å². The quantitative estimate of drug-likeness (QED) is 0.444. The van der Waals surface area contributed by atoms with E-state index >= 15 is 0 Å². The first-order valence-corrected chi connectivity index (χ1v) is 8.77. The van der Waals surface area contributed by atoms with Crippen molar-refractivity contribution in [2.75, 3.05) is 23.9 Å². The van der Waals surface area contributed by atoms with E-state index in [1.165, 1.54) is 39.2 Å². The van der Waals surface area contributed by atoms with Crippen LogP contribution in [-0.2, 0) is 14.3 Å². The summed E-state index contributed by atoms with van der Waals surface area (Å²) < 4.78 is 10.3. The molecule has 11 nitrogen and oxygen atoms in total. The second-order valence-electron chi connectivity index (χ2n) is 6.84. The number of para-hydroxylation sites is 1. The lowest BCUT2D eigenvalue weighted by atomic mass is 10.1. The summed E-state index contributed by atoms with van der Waals surface area (Å²) >= 11 is 0. The Morgan fingerprint density at radius 2 is 1.97 bits per heavy atom. The minimum atomic E-state index is -1.31. The summed E-state index contributed by atoms with van der Waals surface area (Å²) in [6, 6.07) is 8.68. The minimum Gasteiger partial charge on any atom is -0.472 e. The van der Waals surface area contributed by atoms with Gasteiger partial charge in [0.2, 0.25) is 5.91 Å². The molecule has 156 valence electrons. The smallest absolute Gasteiger partial charge is 0.366 e. The van der Waals surface area contributed by atoms with Crippen molar-refractivity contribution in [3.05, 3.63) is 52.1 Å². The zero-order valence-electron chi connectivity index (χ0n) is 16.4. The summed E-state index contributed by atoms with van der Waals surface area (Å²) in [5.74, 6) is -2.38. The molecule has 3 rings (SSSR count). The van der Waals surface area contributed by atoms with E-state index in [2.05, 4.69) is 15.0 Å². The lowest BCUT2D eigenvalue weighted by molar-refractivity contribution is -0.389. The van der Waals surface area contributed by atoms with Crippen molar-refractivity contribution in [1.82, 2.24) is 4.98 Å². The number of carbonyl (C=O) groups excluding carboxylic acids is 3. The van der Waals surface area contributed by atoms with Crippen molar-refractivity contribution in [3.63, 3.8) is 0 Å².